The molecule has 0 saturated carbocycles. The predicted molar refractivity (Wildman–Crippen MR) is 97.2 cm³/mol. The molecule has 0 unspecified atom stereocenters. The lowest BCUT2D eigenvalue weighted by Gasteiger charge is -2.14. The van der Waals surface area contributed by atoms with Gasteiger partial charge in [0.1, 0.15) is 0 Å². The van der Waals surface area contributed by atoms with Crippen molar-refractivity contribution in [3.05, 3.63) is 65.2 Å². The van der Waals surface area contributed by atoms with Gasteiger partial charge in [-0.15, -0.1) is 0 Å². The van der Waals surface area contributed by atoms with Crippen LogP contribution in [0.1, 0.15) is 45.5 Å². The van der Waals surface area contributed by atoms with Gasteiger partial charge < -0.3 is 14.8 Å². The standard InChI is InChI=1S/C20H21NO5/c1-13(14-7-5-4-6-8-14)11-18(22)21-17-12-15(19(23)25-2)9-10-16(17)20(24)26-3/h4-10,12-13H,11H2,1-3H3,(H,21,22)/t13-/m1/s1. The van der Waals surface area contributed by atoms with Crippen LogP contribution >= 0.6 is 0 Å². The zero-order valence-electron chi connectivity index (χ0n) is 14.9. The number of anilines is 1. The van der Waals surface area contributed by atoms with Crippen LogP contribution < -0.4 is 5.32 Å². The van der Waals surface area contributed by atoms with Crippen LogP contribution in [0.4, 0.5) is 5.69 Å². The molecule has 0 spiro atoms. The molecule has 0 aliphatic carbocycles. The fourth-order valence-electron chi connectivity index (χ4n) is 2.56. The maximum Gasteiger partial charge on any atom is 0.339 e. The molecule has 6 heteroatoms. The van der Waals surface area contributed by atoms with Gasteiger partial charge >= 0.3 is 11.9 Å². The summed E-state index contributed by atoms with van der Waals surface area (Å²) in [5.41, 5.74) is 1.65. The monoisotopic (exact) mass is 355 g/mol. The van der Waals surface area contributed by atoms with E-state index in [1.54, 1.807) is 0 Å². The van der Waals surface area contributed by atoms with E-state index in [0.717, 1.165) is 5.56 Å². The zero-order valence-corrected chi connectivity index (χ0v) is 14.9. The quantitative estimate of drug-likeness (QED) is 0.803. The fourth-order valence-corrected chi connectivity index (χ4v) is 2.56. The molecule has 6 nitrogen and oxygen atoms in total. The van der Waals surface area contributed by atoms with Crippen LogP contribution in [0.2, 0.25) is 0 Å². The molecule has 1 amide bonds. The van der Waals surface area contributed by atoms with Gasteiger partial charge in [0.2, 0.25) is 5.91 Å². The summed E-state index contributed by atoms with van der Waals surface area (Å²) < 4.78 is 9.41. The molecule has 2 rings (SSSR count). The Morgan fingerprint density at radius 2 is 1.62 bits per heavy atom. The van der Waals surface area contributed by atoms with Gasteiger partial charge in [0.15, 0.2) is 0 Å². The van der Waals surface area contributed by atoms with Crippen molar-refractivity contribution < 1.29 is 23.9 Å². The topological polar surface area (TPSA) is 81.7 Å². The van der Waals surface area contributed by atoms with Crippen LogP contribution in [0, 0.1) is 0 Å². The highest BCUT2D eigenvalue weighted by atomic mass is 16.5. The highest BCUT2D eigenvalue weighted by Gasteiger charge is 2.18. The predicted octanol–water partition coefficient (Wildman–Crippen LogP) is 3.39. The third-order valence-electron chi connectivity index (χ3n) is 3.98. The van der Waals surface area contributed by atoms with E-state index in [2.05, 4.69) is 10.1 Å². The van der Waals surface area contributed by atoms with Crippen molar-refractivity contribution >= 4 is 23.5 Å². The highest BCUT2D eigenvalue weighted by molar-refractivity contribution is 6.03. The average molecular weight is 355 g/mol. The van der Waals surface area contributed by atoms with Gasteiger partial charge in [-0.05, 0) is 29.7 Å². The summed E-state index contributed by atoms with van der Waals surface area (Å²) in [4.78, 5) is 36.1. The number of hydrogen-bond acceptors (Lipinski definition) is 5. The molecule has 0 saturated heterocycles. The summed E-state index contributed by atoms with van der Waals surface area (Å²) in [5, 5.41) is 2.70. The number of carbonyl (C=O) groups excluding carboxylic acids is 3. The molecule has 0 bridgehead atoms. The summed E-state index contributed by atoms with van der Waals surface area (Å²) in [7, 11) is 2.51. The van der Waals surface area contributed by atoms with E-state index in [0.29, 0.717) is 0 Å². The Bertz CT molecular complexity index is 801. The fraction of sp³-hybridized carbons (Fsp3) is 0.250. The van der Waals surface area contributed by atoms with Crippen LogP contribution in [0.25, 0.3) is 0 Å². The van der Waals surface area contributed by atoms with Crippen molar-refractivity contribution in [3.63, 3.8) is 0 Å². The number of nitrogens with one attached hydrogen (secondary N) is 1. The molecule has 0 radical (unpaired) electrons. The normalized spacial score (nSPS) is 11.3. The Kier molecular flexibility index (Phi) is 6.49. The number of rotatable bonds is 6. The molecular formula is C20H21NO5. The summed E-state index contributed by atoms with van der Waals surface area (Å²) >= 11 is 0. The zero-order chi connectivity index (χ0) is 19.1. The molecule has 2 aromatic rings. The first-order chi connectivity index (χ1) is 12.5. The minimum absolute atomic E-state index is 0.00145. The molecule has 26 heavy (non-hydrogen) atoms. The van der Waals surface area contributed by atoms with E-state index in [-0.39, 0.29) is 35.1 Å². The Balaban J connectivity index is 2.21. The first-order valence-electron chi connectivity index (χ1n) is 8.11. The van der Waals surface area contributed by atoms with E-state index >= 15 is 0 Å². The summed E-state index contributed by atoms with van der Waals surface area (Å²) in [5.74, 6) is -1.43. The molecule has 1 atom stereocenters. The van der Waals surface area contributed by atoms with Gasteiger partial charge in [0.05, 0.1) is 31.0 Å². The molecule has 0 fully saturated rings. The van der Waals surface area contributed by atoms with Crippen molar-refractivity contribution in [2.24, 2.45) is 0 Å². The second-order valence-electron chi connectivity index (χ2n) is 5.81. The largest absolute Gasteiger partial charge is 0.465 e. The summed E-state index contributed by atoms with van der Waals surface area (Å²) in [6.45, 7) is 1.95. The summed E-state index contributed by atoms with van der Waals surface area (Å²) in [6, 6.07) is 13.9. The highest BCUT2D eigenvalue weighted by Crippen LogP contribution is 2.23. The molecule has 136 valence electrons. The van der Waals surface area contributed by atoms with Crippen LogP contribution in [-0.2, 0) is 14.3 Å². The number of benzene rings is 2. The lowest BCUT2D eigenvalue weighted by atomic mass is 9.97. The molecule has 0 aliphatic rings. The van der Waals surface area contributed by atoms with Crippen molar-refractivity contribution in [2.75, 3.05) is 19.5 Å². The van der Waals surface area contributed by atoms with Gasteiger partial charge in [-0.25, -0.2) is 9.59 Å². The van der Waals surface area contributed by atoms with Gasteiger partial charge in [0.25, 0.3) is 0 Å². The van der Waals surface area contributed by atoms with E-state index in [9.17, 15) is 14.4 Å². The second-order valence-corrected chi connectivity index (χ2v) is 5.81. The maximum atomic E-state index is 12.4. The van der Waals surface area contributed by atoms with Gasteiger partial charge in [0, 0.05) is 6.42 Å². The SMILES string of the molecule is COC(=O)c1ccc(C(=O)OC)c(NC(=O)C[C@@H](C)c2ccccc2)c1. The molecule has 0 heterocycles. The van der Waals surface area contributed by atoms with Gasteiger partial charge in [-0.2, -0.15) is 0 Å². The van der Waals surface area contributed by atoms with Crippen LogP contribution in [0.5, 0.6) is 0 Å². The average Bonchev–Trinajstić information content (AvgIpc) is 2.67. The third kappa shape index (κ3) is 4.69. The van der Waals surface area contributed by atoms with Crippen LogP contribution in [0.3, 0.4) is 0 Å². The first-order valence-corrected chi connectivity index (χ1v) is 8.11. The Morgan fingerprint density at radius 3 is 2.23 bits per heavy atom. The van der Waals surface area contributed by atoms with Crippen molar-refractivity contribution in [1.82, 2.24) is 0 Å². The molecule has 1 N–H and O–H groups in total. The number of hydrogen-bond donors (Lipinski definition) is 1. The second kappa shape index (κ2) is 8.80. The number of carbonyl (C=O) groups is 3. The van der Waals surface area contributed by atoms with Crippen molar-refractivity contribution in [2.45, 2.75) is 19.3 Å². The van der Waals surface area contributed by atoms with Crippen LogP contribution in [0.15, 0.2) is 48.5 Å². The van der Waals surface area contributed by atoms with Gasteiger partial charge in [-0.3, -0.25) is 4.79 Å². The molecular weight excluding hydrogens is 334 g/mol. The van der Waals surface area contributed by atoms with Crippen molar-refractivity contribution in [3.8, 4) is 0 Å². The number of amides is 1. The van der Waals surface area contributed by atoms with E-state index in [1.165, 1.54) is 32.4 Å². The van der Waals surface area contributed by atoms with E-state index in [1.807, 2.05) is 37.3 Å². The Hall–Kier alpha value is -3.15. The Labute approximate surface area is 152 Å². The molecule has 0 aromatic heterocycles. The number of ether oxygens (including phenoxy) is 2. The minimum atomic E-state index is -0.604. The molecule has 0 aliphatic heterocycles. The lowest BCUT2D eigenvalue weighted by Crippen LogP contribution is -2.18. The minimum Gasteiger partial charge on any atom is -0.465 e. The maximum absolute atomic E-state index is 12.4. The lowest BCUT2D eigenvalue weighted by molar-refractivity contribution is -0.116. The van der Waals surface area contributed by atoms with Gasteiger partial charge in [-0.1, -0.05) is 37.3 Å². The Morgan fingerprint density at radius 1 is 0.962 bits per heavy atom. The smallest absolute Gasteiger partial charge is 0.339 e. The third-order valence-corrected chi connectivity index (χ3v) is 3.98. The van der Waals surface area contributed by atoms with Crippen molar-refractivity contribution in [1.29, 1.82) is 0 Å². The van der Waals surface area contributed by atoms with E-state index < -0.39 is 11.9 Å². The number of esters is 2. The van der Waals surface area contributed by atoms with E-state index in [4.69, 9.17) is 4.74 Å². The number of methoxy groups -OCH3 is 2. The first kappa shape index (κ1) is 19.2. The van der Waals surface area contributed by atoms with Crippen LogP contribution in [-0.4, -0.2) is 32.1 Å². The summed E-state index contributed by atoms with van der Waals surface area (Å²) in [6.07, 6.45) is 0.229. The molecule has 2 aromatic carbocycles.